The Kier molecular flexibility index (Phi) is 2.56. The van der Waals surface area contributed by atoms with Crippen LogP contribution in [0.3, 0.4) is 0 Å². The van der Waals surface area contributed by atoms with Crippen LogP contribution in [0.25, 0.3) is 0 Å². The quantitative estimate of drug-likeness (QED) is 0.717. The molecule has 6 fully saturated rings. The highest BCUT2D eigenvalue weighted by molar-refractivity contribution is 5.79. The van der Waals surface area contributed by atoms with Crippen LogP contribution >= 0.6 is 0 Å². The van der Waals surface area contributed by atoms with Gasteiger partial charge in [-0.05, 0) is 67.6 Å². The monoisotopic (exact) mass is 273 g/mol. The number of carbonyl (C=O) groups is 1. The van der Waals surface area contributed by atoms with Crippen molar-refractivity contribution in [2.75, 3.05) is 13.1 Å². The van der Waals surface area contributed by atoms with Gasteiger partial charge in [-0.3, -0.25) is 4.79 Å². The number of likely N-dealkylation sites (tertiary alicyclic amines) is 1. The Morgan fingerprint density at radius 2 is 1.30 bits per heavy atom. The van der Waals surface area contributed by atoms with Crippen molar-refractivity contribution >= 4 is 5.91 Å². The van der Waals surface area contributed by atoms with Gasteiger partial charge in [-0.1, -0.05) is 19.3 Å². The first-order valence-electron chi connectivity index (χ1n) is 9.11. The van der Waals surface area contributed by atoms with E-state index in [0.717, 1.165) is 48.6 Å². The van der Waals surface area contributed by atoms with Gasteiger partial charge in [0.1, 0.15) is 0 Å². The summed E-state index contributed by atoms with van der Waals surface area (Å²) in [5, 5.41) is 0. The molecule has 0 N–H and O–H groups in total. The molecule has 1 saturated heterocycles. The summed E-state index contributed by atoms with van der Waals surface area (Å²) in [4.78, 5) is 15.1. The third-order valence-electron chi connectivity index (χ3n) is 7.60. The van der Waals surface area contributed by atoms with E-state index in [2.05, 4.69) is 4.90 Å². The summed E-state index contributed by atoms with van der Waals surface area (Å²) in [5.74, 6) is 6.87. The van der Waals surface area contributed by atoms with Crippen LogP contribution in [-0.2, 0) is 4.79 Å². The fourth-order valence-electron chi connectivity index (χ4n) is 6.64. The molecule has 0 radical (unpaired) electrons. The maximum Gasteiger partial charge on any atom is 0.225 e. The first-order valence-corrected chi connectivity index (χ1v) is 9.11. The lowest BCUT2D eigenvalue weighted by molar-refractivity contribution is -0.135. The molecule has 6 aliphatic rings. The van der Waals surface area contributed by atoms with Gasteiger partial charge in [0.2, 0.25) is 5.91 Å². The molecule has 1 heterocycles. The average Bonchev–Trinajstić information content (AvgIpc) is 3.20. The Morgan fingerprint density at radius 1 is 0.700 bits per heavy atom. The van der Waals surface area contributed by atoms with Crippen molar-refractivity contribution in [2.45, 2.75) is 51.4 Å². The maximum absolute atomic E-state index is 12.8. The number of hydrogen-bond donors (Lipinski definition) is 0. The average molecular weight is 273 g/mol. The molecule has 5 saturated carbocycles. The van der Waals surface area contributed by atoms with Gasteiger partial charge in [0, 0.05) is 19.0 Å². The molecule has 0 aromatic carbocycles. The molecule has 20 heavy (non-hydrogen) atoms. The van der Waals surface area contributed by atoms with Crippen molar-refractivity contribution in [1.82, 2.24) is 4.90 Å². The Balaban J connectivity index is 1.32. The molecule has 110 valence electrons. The van der Waals surface area contributed by atoms with Gasteiger partial charge >= 0.3 is 0 Å². The van der Waals surface area contributed by atoms with E-state index in [4.69, 9.17) is 0 Å². The van der Waals surface area contributed by atoms with Gasteiger partial charge in [-0.15, -0.1) is 0 Å². The van der Waals surface area contributed by atoms with E-state index in [-0.39, 0.29) is 0 Å². The maximum atomic E-state index is 12.8. The van der Waals surface area contributed by atoms with Crippen LogP contribution in [0.2, 0.25) is 0 Å². The summed E-state index contributed by atoms with van der Waals surface area (Å²) in [7, 11) is 0. The van der Waals surface area contributed by atoms with Gasteiger partial charge in [-0.2, -0.15) is 0 Å². The smallest absolute Gasteiger partial charge is 0.225 e. The molecule has 2 nitrogen and oxygen atoms in total. The number of fused-ring (bicyclic) bond motifs is 1. The topological polar surface area (TPSA) is 20.3 Å². The fourth-order valence-corrected chi connectivity index (χ4v) is 6.64. The lowest BCUT2D eigenvalue weighted by atomic mass is 9.60. The minimum atomic E-state index is 0.385. The Bertz CT molecular complexity index is 403. The standard InChI is InChI=1S/C18H27NO/c20-18(11-4-2-1-3-5-11)19-9-16-12-6-7-13(17(16)10-19)15-8-14(12)15/h11-17H,1-10H2/t12-,13+,14+,15-,16-,17?/m0/s1. The second-order valence-electron chi connectivity index (χ2n) is 8.37. The number of amides is 1. The van der Waals surface area contributed by atoms with E-state index < -0.39 is 0 Å². The highest BCUT2D eigenvalue weighted by Crippen LogP contribution is 2.67. The van der Waals surface area contributed by atoms with Crippen molar-refractivity contribution in [1.29, 1.82) is 0 Å². The second kappa shape index (κ2) is 4.24. The normalized spacial score (nSPS) is 49.9. The first kappa shape index (κ1) is 12.1. The molecule has 1 amide bonds. The van der Waals surface area contributed by atoms with E-state index in [1.54, 1.807) is 6.42 Å². The Labute approximate surface area is 122 Å². The molecule has 5 aliphatic carbocycles. The zero-order valence-electron chi connectivity index (χ0n) is 12.5. The summed E-state index contributed by atoms with van der Waals surface area (Å²) in [6.07, 6.45) is 10.8. The molecular formula is C18H27NO. The van der Waals surface area contributed by atoms with E-state index in [9.17, 15) is 4.79 Å². The molecule has 0 aromatic rings. The van der Waals surface area contributed by atoms with Crippen molar-refractivity contribution in [3.63, 3.8) is 0 Å². The third-order valence-corrected chi connectivity index (χ3v) is 7.60. The predicted molar refractivity (Wildman–Crippen MR) is 77.9 cm³/mol. The number of hydrogen-bond acceptors (Lipinski definition) is 1. The van der Waals surface area contributed by atoms with Crippen LogP contribution in [0, 0.1) is 41.4 Å². The first-order chi connectivity index (χ1) is 9.83. The molecule has 6 atom stereocenters. The predicted octanol–water partition coefficient (Wildman–Crippen LogP) is 3.32. The third kappa shape index (κ3) is 1.60. The van der Waals surface area contributed by atoms with Crippen LogP contribution in [0.4, 0.5) is 0 Å². The molecule has 6 rings (SSSR count). The lowest BCUT2D eigenvalue weighted by Gasteiger charge is -2.44. The SMILES string of the molecule is O=C(C1CCCCC1)N1CC2[C@@H](C1)[C@H]1CC[C@@H]2[C@@H]2C[C@@H]21. The van der Waals surface area contributed by atoms with Crippen LogP contribution in [0.5, 0.6) is 0 Å². The molecule has 1 aliphatic heterocycles. The zero-order chi connectivity index (χ0) is 13.3. The van der Waals surface area contributed by atoms with E-state index in [1.807, 2.05) is 0 Å². The van der Waals surface area contributed by atoms with E-state index in [1.165, 1.54) is 44.9 Å². The summed E-state index contributed by atoms with van der Waals surface area (Å²) >= 11 is 0. The molecule has 0 spiro atoms. The zero-order valence-corrected chi connectivity index (χ0v) is 12.5. The van der Waals surface area contributed by atoms with Crippen molar-refractivity contribution in [2.24, 2.45) is 41.4 Å². The Morgan fingerprint density at radius 3 is 1.90 bits per heavy atom. The molecular weight excluding hydrogens is 246 g/mol. The van der Waals surface area contributed by atoms with Crippen LogP contribution in [0.1, 0.15) is 51.4 Å². The van der Waals surface area contributed by atoms with Crippen molar-refractivity contribution in [3.05, 3.63) is 0 Å². The van der Waals surface area contributed by atoms with E-state index >= 15 is 0 Å². The van der Waals surface area contributed by atoms with Crippen molar-refractivity contribution < 1.29 is 4.79 Å². The van der Waals surface area contributed by atoms with Gasteiger partial charge in [0.05, 0.1) is 0 Å². The lowest BCUT2D eigenvalue weighted by Crippen LogP contribution is -2.40. The van der Waals surface area contributed by atoms with Crippen LogP contribution < -0.4 is 0 Å². The van der Waals surface area contributed by atoms with Gasteiger partial charge < -0.3 is 4.90 Å². The largest absolute Gasteiger partial charge is 0.342 e. The summed E-state index contributed by atoms with van der Waals surface area (Å²) in [6, 6.07) is 0. The number of rotatable bonds is 1. The number of nitrogens with zero attached hydrogens (tertiary/aromatic N) is 1. The molecule has 2 heteroatoms. The summed E-state index contributed by atoms with van der Waals surface area (Å²) in [5.41, 5.74) is 0. The minimum Gasteiger partial charge on any atom is -0.342 e. The fraction of sp³-hybridized carbons (Fsp3) is 0.944. The summed E-state index contributed by atoms with van der Waals surface area (Å²) in [6.45, 7) is 2.26. The van der Waals surface area contributed by atoms with Crippen LogP contribution in [0.15, 0.2) is 0 Å². The van der Waals surface area contributed by atoms with Gasteiger partial charge in [0.25, 0.3) is 0 Å². The second-order valence-corrected chi connectivity index (χ2v) is 8.37. The molecule has 2 bridgehead atoms. The van der Waals surface area contributed by atoms with Gasteiger partial charge in [-0.25, -0.2) is 0 Å². The van der Waals surface area contributed by atoms with Crippen LogP contribution in [-0.4, -0.2) is 23.9 Å². The number of carbonyl (C=O) groups excluding carboxylic acids is 1. The minimum absolute atomic E-state index is 0.385. The Hall–Kier alpha value is -0.530. The van der Waals surface area contributed by atoms with E-state index in [0.29, 0.717) is 11.8 Å². The molecule has 1 unspecified atom stereocenters. The highest BCUT2D eigenvalue weighted by Gasteiger charge is 2.63. The van der Waals surface area contributed by atoms with Gasteiger partial charge in [0.15, 0.2) is 0 Å². The highest BCUT2D eigenvalue weighted by atomic mass is 16.2. The molecule has 0 aromatic heterocycles. The van der Waals surface area contributed by atoms with Crippen molar-refractivity contribution in [3.8, 4) is 0 Å². The summed E-state index contributed by atoms with van der Waals surface area (Å²) < 4.78 is 0.